The molecule has 214 valence electrons. The molecule has 1 aliphatic carbocycles. The van der Waals surface area contributed by atoms with E-state index in [1.54, 1.807) is 25.1 Å². The summed E-state index contributed by atoms with van der Waals surface area (Å²) in [5, 5.41) is 9.41. The summed E-state index contributed by atoms with van der Waals surface area (Å²) in [4.78, 5) is 11.2. The average Bonchev–Trinajstić information content (AvgIpc) is 2.84. The van der Waals surface area contributed by atoms with Crippen LogP contribution in [0.4, 0.5) is 26.3 Å². The Labute approximate surface area is 225 Å². The summed E-state index contributed by atoms with van der Waals surface area (Å²) in [5.74, 6) is 3.98. The molecule has 0 saturated heterocycles. The number of benzene rings is 1. The van der Waals surface area contributed by atoms with Gasteiger partial charge >= 0.3 is 18.3 Å². The second-order valence-corrected chi connectivity index (χ2v) is 8.51. The van der Waals surface area contributed by atoms with Gasteiger partial charge in [-0.1, -0.05) is 35.6 Å². The van der Waals surface area contributed by atoms with E-state index in [1.165, 1.54) is 30.4 Å². The van der Waals surface area contributed by atoms with Crippen LogP contribution in [0.2, 0.25) is 5.02 Å². The van der Waals surface area contributed by atoms with Gasteiger partial charge in [0, 0.05) is 19.4 Å². The zero-order valence-corrected chi connectivity index (χ0v) is 21.3. The summed E-state index contributed by atoms with van der Waals surface area (Å²) >= 11 is 6.20. The number of carboxylic acid groups (broad SMARTS) is 1. The minimum atomic E-state index is -4.69. The Morgan fingerprint density at radius 3 is 2.51 bits per heavy atom. The van der Waals surface area contributed by atoms with Gasteiger partial charge in [-0.25, -0.2) is 4.79 Å². The first-order valence-electron chi connectivity index (χ1n) is 11.4. The van der Waals surface area contributed by atoms with Crippen LogP contribution in [0.5, 0.6) is 5.75 Å². The van der Waals surface area contributed by atoms with Gasteiger partial charge in [0.25, 0.3) is 0 Å². The number of rotatable bonds is 12. The number of allylic oxidation sites excluding steroid dienone is 3. The van der Waals surface area contributed by atoms with Crippen molar-refractivity contribution in [3.05, 3.63) is 64.9 Å². The van der Waals surface area contributed by atoms with Crippen LogP contribution in [-0.2, 0) is 25.4 Å². The molecular formula is C26H25ClF6O6. The Morgan fingerprint density at radius 1 is 1.18 bits per heavy atom. The van der Waals surface area contributed by atoms with E-state index in [-0.39, 0.29) is 36.2 Å². The molecule has 39 heavy (non-hydrogen) atoms. The number of carbonyl (C=O) groups is 1. The smallest absolute Gasteiger partial charge is 0.422 e. The highest BCUT2D eigenvalue weighted by Crippen LogP contribution is 2.31. The third kappa shape index (κ3) is 12.1. The zero-order valence-electron chi connectivity index (χ0n) is 20.6. The van der Waals surface area contributed by atoms with Gasteiger partial charge in [-0.3, -0.25) is 0 Å². The lowest BCUT2D eigenvalue weighted by molar-refractivity contribution is -0.191. The van der Waals surface area contributed by atoms with Gasteiger partial charge in [-0.15, -0.1) is 0 Å². The molecule has 0 saturated carbocycles. The summed E-state index contributed by atoms with van der Waals surface area (Å²) in [6, 6.07) is 4.71. The number of hydrogen-bond donors (Lipinski definition) is 1. The van der Waals surface area contributed by atoms with E-state index >= 15 is 0 Å². The summed E-state index contributed by atoms with van der Waals surface area (Å²) in [7, 11) is 0. The van der Waals surface area contributed by atoms with Crippen LogP contribution < -0.4 is 4.74 Å². The van der Waals surface area contributed by atoms with Crippen molar-refractivity contribution in [2.24, 2.45) is 0 Å². The molecule has 1 unspecified atom stereocenters. The standard InChI is InChI=1S/C26H25ClF6O6/c1-2-36-22(23(34)35)14-18-8-9-21(20(27)13-18)37-12-5-3-4-10-24(39-17-26(31,32)33)11-6-7-19(15-24)38-16-25(28,29)30/h3,5-9,11,13,22H,2,12,14-17H2,1H3,(H,34,35)/b5-3-/t22-,24?/m0/s1. The molecule has 0 bridgehead atoms. The lowest BCUT2D eigenvalue weighted by atomic mass is 9.94. The molecule has 1 aliphatic rings. The maximum absolute atomic E-state index is 12.8. The third-order valence-electron chi connectivity index (χ3n) is 4.88. The minimum Gasteiger partial charge on any atom is -0.488 e. The largest absolute Gasteiger partial charge is 0.488 e. The van der Waals surface area contributed by atoms with E-state index in [0.29, 0.717) is 5.56 Å². The van der Waals surface area contributed by atoms with Crippen LogP contribution >= 0.6 is 11.6 Å². The normalized spacial score (nSPS) is 18.3. The molecule has 6 nitrogen and oxygen atoms in total. The molecule has 2 rings (SSSR count). The first-order chi connectivity index (χ1) is 18.2. The van der Waals surface area contributed by atoms with Crippen LogP contribution in [0.1, 0.15) is 18.9 Å². The number of hydrogen-bond acceptors (Lipinski definition) is 5. The monoisotopic (exact) mass is 582 g/mol. The van der Waals surface area contributed by atoms with Crippen molar-refractivity contribution in [1.82, 2.24) is 0 Å². The van der Waals surface area contributed by atoms with Crippen molar-refractivity contribution in [3.8, 4) is 17.6 Å². The summed E-state index contributed by atoms with van der Waals surface area (Å²) in [5.41, 5.74) is -1.24. The number of aliphatic carboxylic acids is 1. The van der Waals surface area contributed by atoms with E-state index in [0.717, 1.165) is 0 Å². The van der Waals surface area contributed by atoms with Crippen LogP contribution in [0.3, 0.4) is 0 Å². The molecule has 0 fully saturated rings. The Bertz CT molecular complexity index is 1130. The van der Waals surface area contributed by atoms with Gasteiger partial charge in [-0.2, -0.15) is 26.3 Å². The van der Waals surface area contributed by atoms with Gasteiger partial charge in [0.05, 0.1) is 5.02 Å². The minimum absolute atomic E-state index is 0.0312. The van der Waals surface area contributed by atoms with Crippen molar-refractivity contribution in [2.75, 3.05) is 26.4 Å². The quantitative estimate of drug-likeness (QED) is 0.239. The topological polar surface area (TPSA) is 74.2 Å². The van der Waals surface area contributed by atoms with Gasteiger partial charge < -0.3 is 24.1 Å². The van der Waals surface area contributed by atoms with Crippen LogP contribution in [0, 0.1) is 11.8 Å². The van der Waals surface area contributed by atoms with E-state index in [2.05, 4.69) is 16.6 Å². The first kappa shape index (κ1) is 32.1. The van der Waals surface area contributed by atoms with Crippen molar-refractivity contribution in [2.45, 2.75) is 43.8 Å². The second kappa shape index (κ2) is 14.3. The molecule has 0 aliphatic heterocycles. The van der Waals surface area contributed by atoms with E-state index < -0.39 is 49.7 Å². The molecule has 1 aromatic rings. The maximum atomic E-state index is 12.8. The highest BCUT2D eigenvalue weighted by Gasteiger charge is 2.37. The SMILES string of the molecule is CCO[C@@H](Cc1ccc(OC/C=C\C#CC2(OCC(F)(F)F)C=CC=C(OCC(F)(F)F)C2)c(Cl)c1)C(=O)O. The van der Waals surface area contributed by atoms with Crippen molar-refractivity contribution < 1.29 is 55.2 Å². The second-order valence-electron chi connectivity index (χ2n) is 8.10. The molecule has 0 spiro atoms. The first-order valence-corrected chi connectivity index (χ1v) is 11.8. The fourth-order valence-corrected chi connectivity index (χ4v) is 3.48. The Hall–Kier alpha value is -3.14. The molecule has 1 N–H and O–H groups in total. The zero-order chi connectivity index (χ0) is 29.1. The Kier molecular flexibility index (Phi) is 11.8. The van der Waals surface area contributed by atoms with Gasteiger partial charge in [0.15, 0.2) is 18.3 Å². The fourth-order valence-electron chi connectivity index (χ4n) is 3.22. The number of ether oxygens (including phenoxy) is 4. The highest BCUT2D eigenvalue weighted by molar-refractivity contribution is 6.32. The molecule has 0 aromatic heterocycles. The van der Waals surface area contributed by atoms with Crippen molar-refractivity contribution in [1.29, 1.82) is 0 Å². The van der Waals surface area contributed by atoms with Gasteiger partial charge in [-0.05, 0) is 48.9 Å². The predicted octanol–water partition coefficient (Wildman–Crippen LogP) is 6.05. The van der Waals surface area contributed by atoms with Crippen LogP contribution in [0.25, 0.3) is 0 Å². The highest BCUT2D eigenvalue weighted by atomic mass is 35.5. The number of halogens is 7. The fraction of sp³-hybridized carbons (Fsp3) is 0.423. The Balaban J connectivity index is 2.02. The van der Waals surface area contributed by atoms with Crippen LogP contribution in [-0.4, -0.2) is 61.6 Å². The lowest BCUT2D eigenvalue weighted by Crippen LogP contribution is -2.35. The lowest BCUT2D eigenvalue weighted by Gasteiger charge is -2.29. The molecule has 0 radical (unpaired) electrons. The summed E-state index contributed by atoms with van der Waals surface area (Å²) in [6.45, 7) is -1.39. The third-order valence-corrected chi connectivity index (χ3v) is 5.18. The number of carboxylic acids is 1. The molecule has 1 aromatic carbocycles. The maximum Gasteiger partial charge on any atom is 0.422 e. The van der Waals surface area contributed by atoms with E-state index in [9.17, 15) is 36.2 Å². The average molecular weight is 583 g/mol. The van der Waals surface area contributed by atoms with Crippen LogP contribution in [0.15, 0.2) is 54.3 Å². The number of alkyl halides is 6. The van der Waals surface area contributed by atoms with Crippen molar-refractivity contribution >= 4 is 17.6 Å². The summed E-state index contributed by atoms with van der Waals surface area (Å²) in [6.07, 6.45) is -4.36. The Morgan fingerprint density at radius 2 is 1.90 bits per heavy atom. The molecular weight excluding hydrogens is 558 g/mol. The predicted molar refractivity (Wildman–Crippen MR) is 129 cm³/mol. The van der Waals surface area contributed by atoms with E-state index in [1.807, 2.05) is 0 Å². The molecule has 0 amide bonds. The van der Waals surface area contributed by atoms with E-state index in [4.69, 9.17) is 25.8 Å². The molecule has 13 heteroatoms. The molecule has 2 atom stereocenters. The molecule has 0 heterocycles. The summed E-state index contributed by atoms with van der Waals surface area (Å²) < 4.78 is 96.0. The van der Waals surface area contributed by atoms with Gasteiger partial charge in [0.2, 0.25) is 0 Å². The van der Waals surface area contributed by atoms with Gasteiger partial charge in [0.1, 0.15) is 24.7 Å². The van der Waals surface area contributed by atoms with Crippen molar-refractivity contribution in [3.63, 3.8) is 0 Å².